The SMILES string of the molecule is C=CCN1C(=O)N(c2cccc(C)c2)C(=O)[C@@H]1CC(=O)Nc1cccc(C(=O)OCC)c1. The highest BCUT2D eigenvalue weighted by Crippen LogP contribution is 2.27. The molecule has 1 atom stereocenters. The van der Waals surface area contributed by atoms with E-state index in [1.165, 1.54) is 17.0 Å². The van der Waals surface area contributed by atoms with E-state index in [1.807, 2.05) is 13.0 Å². The normalized spacial score (nSPS) is 15.6. The molecule has 0 aliphatic carbocycles. The third kappa shape index (κ3) is 4.85. The zero-order valence-corrected chi connectivity index (χ0v) is 18.0. The van der Waals surface area contributed by atoms with Crippen LogP contribution in [-0.4, -0.2) is 47.9 Å². The van der Waals surface area contributed by atoms with Gasteiger partial charge in [-0.25, -0.2) is 14.5 Å². The van der Waals surface area contributed by atoms with Crippen molar-refractivity contribution >= 4 is 35.2 Å². The fourth-order valence-electron chi connectivity index (χ4n) is 3.51. The summed E-state index contributed by atoms with van der Waals surface area (Å²) in [6.45, 7) is 7.59. The quantitative estimate of drug-likeness (QED) is 0.389. The highest BCUT2D eigenvalue weighted by molar-refractivity contribution is 6.22. The average Bonchev–Trinajstić information content (AvgIpc) is 2.98. The number of hydrogen-bond acceptors (Lipinski definition) is 5. The molecule has 0 aromatic heterocycles. The topological polar surface area (TPSA) is 96.0 Å². The van der Waals surface area contributed by atoms with E-state index >= 15 is 0 Å². The highest BCUT2D eigenvalue weighted by Gasteiger charge is 2.46. The van der Waals surface area contributed by atoms with Crippen LogP contribution in [0.4, 0.5) is 16.2 Å². The van der Waals surface area contributed by atoms with Crippen molar-refractivity contribution in [3.63, 3.8) is 0 Å². The number of carbonyl (C=O) groups excluding carboxylic acids is 4. The van der Waals surface area contributed by atoms with Crippen molar-refractivity contribution in [2.45, 2.75) is 26.3 Å². The molecule has 3 rings (SSSR count). The van der Waals surface area contributed by atoms with Gasteiger partial charge in [0, 0.05) is 12.2 Å². The summed E-state index contributed by atoms with van der Waals surface area (Å²) in [5, 5.41) is 2.69. The maximum Gasteiger partial charge on any atom is 0.338 e. The first-order chi connectivity index (χ1) is 15.3. The summed E-state index contributed by atoms with van der Waals surface area (Å²) in [4.78, 5) is 53.1. The van der Waals surface area contributed by atoms with Crippen LogP contribution in [0.25, 0.3) is 0 Å². The smallest absolute Gasteiger partial charge is 0.338 e. The fraction of sp³-hybridized carbons (Fsp3) is 0.250. The number of esters is 1. The van der Waals surface area contributed by atoms with Crippen molar-refractivity contribution < 1.29 is 23.9 Å². The Labute approximate surface area is 186 Å². The number of hydrogen-bond donors (Lipinski definition) is 1. The predicted octanol–water partition coefficient (Wildman–Crippen LogP) is 3.52. The van der Waals surface area contributed by atoms with Gasteiger partial charge in [-0.1, -0.05) is 24.3 Å². The number of imide groups is 1. The third-order valence-corrected chi connectivity index (χ3v) is 4.94. The molecular weight excluding hydrogens is 410 g/mol. The molecule has 166 valence electrons. The zero-order valence-electron chi connectivity index (χ0n) is 18.0. The Balaban J connectivity index is 1.77. The van der Waals surface area contributed by atoms with E-state index in [-0.39, 0.29) is 19.6 Å². The van der Waals surface area contributed by atoms with Gasteiger partial charge in [0.15, 0.2) is 0 Å². The Morgan fingerprint density at radius 1 is 1.16 bits per heavy atom. The number of aryl methyl sites for hydroxylation is 1. The van der Waals surface area contributed by atoms with Crippen LogP contribution in [0.5, 0.6) is 0 Å². The van der Waals surface area contributed by atoms with E-state index in [0.717, 1.165) is 10.5 Å². The van der Waals surface area contributed by atoms with Gasteiger partial charge < -0.3 is 15.0 Å². The molecule has 8 heteroatoms. The highest BCUT2D eigenvalue weighted by atomic mass is 16.5. The Bertz CT molecular complexity index is 1070. The van der Waals surface area contributed by atoms with Crippen molar-refractivity contribution in [1.29, 1.82) is 0 Å². The molecule has 0 saturated carbocycles. The molecule has 1 aliphatic rings. The largest absolute Gasteiger partial charge is 0.462 e. The number of ether oxygens (including phenoxy) is 1. The van der Waals surface area contributed by atoms with E-state index in [1.54, 1.807) is 43.3 Å². The van der Waals surface area contributed by atoms with Crippen LogP contribution < -0.4 is 10.2 Å². The second-order valence-corrected chi connectivity index (χ2v) is 7.31. The molecule has 1 fully saturated rings. The lowest BCUT2D eigenvalue weighted by atomic mass is 10.1. The minimum atomic E-state index is -0.964. The Morgan fingerprint density at radius 2 is 1.91 bits per heavy atom. The van der Waals surface area contributed by atoms with Crippen molar-refractivity contribution in [3.8, 4) is 0 Å². The summed E-state index contributed by atoms with van der Waals surface area (Å²) in [6.07, 6.45) is 1.28. The maximum atomic E-state index is 13.1. The van der Waals surface area contributed by atoms with Gasteiger partial charge in [0.1, 0.15) is 6.04 Å². The summed E-state index contributed by atoms with van der Waals surface area (Å²) in [7, 11) is 0. The second-order valence-electron chi connectivity index (χ2n) is 7.31. The molecule has 0 radical (unpaired) electrons. The van der Waals surface area contributed by atoms with Crippen molar-refractivity contribution in [2.24, 2.45) is 0 Å². The number of anilines is 2. The number of amides is 4. The van der Waals surface area contributed by atoms with E-state index < -0.39 is 29.9 Å². The van der Waals surface area contributed by atoms with Gasteiger partial charge in [-0.2, -0.15) is 0 Å². The lowest BCUT2D eigenvalue weighted by Crippen LogP contribution is -2.38. The summed E-state index contributed by atoms with van der Waals surface area (Å²) in [5.41, 5.74) is 2.05. The molecular formula is C24H25N3O5. The van der Waals surface area contributed by atoms with Crippen LogP contribution in [0.2, 0.25) is 0 Å². The first kappa shape index (κ1) is 22.7. The molecule has 0 spiro atoms. The van der Waals surface area contributed by atoms with Crippen LogP contribution in [0.1, 0.15) is 29.3 Å². The first-order valence-electron chi connectivity index (χ1n) is 10.2. The minimum absolute atomic E-state index is 0.128. The van der Waals surface area contributed by atoms with Gasteiger partial charge in [-0.05, 0) is 49.7 Å². The van der Waals surface area contributed by atoms with Crippen LogP contribution in [0, 0.1) is 6.92 Å². The monoisotopic (exact) mass is 435 g/mol. The lowest BCUT2D eigenvalue weighted by Gasteiger charge is -2.19. The summed E-state index contributed by atoms with van der Waals surface area (Å²) < 4.78 is 4.97. The molecule has 1 heterocycles. The van der Waals surface area contributed by atoms with E-state index in [4.69, 9.17) is 4.74 Å². The Kier molecular flexibility index (Phi) is 7.04. The van der Waals surface area contributed by atoms with E-state index in [2.05, 4.69) is 11.9 Å². The summed E-state index contributed by atoms with van der Waals surface area (Å²) in [6, 6.07) is 11.9. The van der Waals surface area contributed by atoms with Gasteiger partial charge >= 0.3 is 12.0 Å². The number of nitrogens with one attached hydrogen (secondary N) is 1. The first-order valence-corrected chi connectivity index (χ1v) is 10.2. The molecule has 4 amide bonds. The van der Waals surface area contributed by atoms with Gasteiger partial charge in [0.2, 0.25) is 5.91 Å². The third-order valence-electron chi connectivity index (χ3n) is 4.94. The second kappa shape index (κ2) is 9.91. The molecule has 0 unspecified atom stereocenters. The molecule has 2 aromatic rings. The predicted molar refractivity (Wildman–Crippen MR) is 120 cm³/mol. The molecule has 0 bridgehead atoms. The summed E-state index contributed by atoms with van der Waals surface area (Å²) in [5.74, 6) is -1.43. The zero-order chi connectivity index (χ0) is 23.3. The Hall–Kier alpha value is -3.94. The number of benzene rings is 2. The standard InChI is InChI=1S/C24H25N3O5/c1-4-12-26-20(22(29)27(24(26)31)19-11-6-8-16(3)13-19)15-21(28)25-18-10-7-9-17(14-18)23(30)32-5-2/h4,6-11,13-14,20H,1,5,12,15H2,2-3H3,(H,25,28)/t20-/m0/s1. The number of carbonyl (C=O) groups is 4. The van der Waals surface area contributed by atoms with Gasteiger partial charge in [-0.15, -0.1) is 6.58 Å². The molecule has 32 heavy (non-hydrogen) atoms. The van der Waals surface area contributed by atoms with Crippen LogP contribution in [-0.2, 0) is 14.3 Å². The maximum absolute atomic E-state index is 13.1. The van der Waals surface area contributed by atoms with Gasteiger partial charge in [0.05, 0.1) is 24.3 Å². The van der Waals surface area contributed by atoms with Crippen molar-refractivity contribution in [1.82, 2.24) is 4.90 Å². The molecule has 1 N–H and O–H groups in total. The molecule has 1 aliphatic heterocycles. The van der Waals surface area contributed by atoms with E-state index in [0.29, 0.717) is 16.9 Å². The van der Waals surface area contributed by atoms with Gasteiger partial charge in [-0.3, -0.25) is 9.59 Å². The van der Waals surface area contributed by atoms with Crippen molar-refractivity contribution in [3.05, 3.63) is 72.3 Å². The molecule has 8 nitrogen and oxygen atoms in total. The molecule has 1 saturated heterocycles. The van der Waals surface area contributed by atoms with Gasteiger partial charge in [0.25, 0.3) is 5.91 Å². The fourth-order valence-corrected chi connectivity index (χ4v) is 3.51. The lowest BCUT2D eigenvalue weighted by molar-refractivity contribution is -0.124. The minimum Gasteiger partial charge on any atom is -0.462 e. The summed E-state index contributed by atoms with van der Waals surface area (Å²) >= 11 is 0. The van der Waals surface area contributed by atoms with Crippen LogP contribution >= 0.6 is 0 Å². The average molecular weight is 435 g/mol. The number of rotatable bonds is 8. The molecule has 2 aromatic carbocycles. The van der Waals surface area contributed by atoms with E-state index in [9.17, 15) is 19.2 Å². The number of nitrogens with zero attached hydrogens (tertiary/aromatic N) is 2. The van der Waals surface area contributed by atoms with Crippen LogP contribution in [0.15, 0.2) is 61.2 Å². The number of urea groups is 1. The van der Waals surface area contributed by atoms with Crippen molar-refractivity contribution in [2.75, 3.05) is 23.4 Å². The Morgan fingerprint density at radius 3 is 2.59 bits per heavy atom. The van der Waals surface area contributed by atoms with Crippen LogP contribution in [0.3, 0.4) is 0 Å².